The van der Waals surface area contributed by atoms with Crippen molar-refractivity contribution in [3.63, 3.8) is 0 Å². The van der Waals surface area contributed by atoms with Crippen LogP contribution in [0.1, 0.15) is 25.5 Å². The van der Waals surface area contributed by atoms with E-state index in [1.54, 1.807) is 31.1 Å². The zero-order valence-corrected chi connectivity index (χ0v) is 17.7. The van der Waals surface area contributed by atoms with Crippen LogP contribution in [0, 0.1) is 10.1 Å². The lowest BCUT2D eigenvalue weighted by atomic mass is 9.94. The van der Waals surface area contributed by atoms with Gasteiger partial charge in [0.15, 0.2) is 5.11 Å². The number of ether oxygens (including phenoxy) is 3. The maximum absolute atomic E-state index is 12.9. The number of carbonyl (C=O) groups is 1. The average Bonchev–Trinajstić information content (AvgIpc) is 2.67. The van der Waals surface area contributed by atoms with E-state index in [4.69, 9.17) is 26.4 Å². The van der Waals surface area contributed by atoms with Gasteiger partial charge in [-0.2, -0.15) is 0 Å². The minimum absolute atomic E-state index is 0.0739. The van der Waals surface area contributed by atoms with E-state index in [2.05, 4.69) is 5.32 Å². The second kappa shape index (κ2) is 10.3. The Balaban J connectivity index is 2.51. The number of hydrogen-bond donors (Lipinski definition) is 1. The SMILES string of the molecule is COCCOC(=O)C1=C(C)N([C@@H](C)COC)C(=S)N[C@H]1c1cccc([N+](=O)[O-])c1. The number of benzene rings is 1. The van der Waals surface area contributed by atoms with Crippen molar-refractivity contribution in [2.75, 3.05) is 34.0 Å². The number of nitrogens with zero attached hydrogens (tertiary/aromatic N) is 2. The first-order chi connectivity index (χ1) is 13.8. The van der Waals surface area contributed by atoms with Crippen molar-refractivity contribution in [3.05, 3.63) is 51.2 Å². The van der Waals surface area contributed by atoms with Crippen LogP contribution >= 0.6 is 12.2 Å². The molecule has 9 nitrogen and oxygen atoms in total. The van der Waals surface area contributed by atoms with Crippen LogP contribution in [0.15, 0.2) is 35.5 Å². The standard InChI is InChI=1S/C19H25N3O6S/c1-12(11-27-4)21-13(2)16(18(23)28-9-8-26-3)17(20-19(21)29)14-6-5-7-15(10-14)22(24)25/h5-7,10,12,17H,8-9,11H2,1-4H3,(H,20,29)/t12-,17-/m0/s1. The maximum atomic E-state index is 12.9. The molecule has 0 aromatic heterocycles. The Morgan fingerprint density at radius 3 is 2.69 bits per heavy atom. The molecule has 0 saturated carbocycles. The Morgan fingerprint density at radius 1 is 1.34 bits per heavy atom. The second-order valence-electron chi connectivity index (χ2n) is 6.54. The van der Waals surface area contributed by atoms with E-state index in [-0.39, 0.29) is 24.9 Å². The van der Waals surface area contributed by atoms with E-state index in [1.165, 1.54) is 19.2 Å². The number of esters is 1. The van der Waals surface area contributed by atoms with E-state index >= 15 is 0 Å². The molecule has 0 amide bonds. The fourth-order valence-corrected chi connectivity index (χ4v) is 3.67. The van der Waals surface area contributed by atoms with Gasteiger partial charge in [0.2, 0.25) is 0 Å². The Hall–Kier alpha value is -2.56. The monoisotopic (exact) mass is 423 g/mol. The summed E-state index contributed by atoms with van der Waals surface area (Å²) in [5, 5.41) is 14.7. The Morgan fingerprint density at radius 2 is 2.07 bits per heavy atom. The Kier molecular flexibility index (Phi) is 8.06. The summed E-state index contributed by atoms with van der Waals surface area (Å²) in [6.45, 7) is 4.44. The normalized spacial score (nSPS) is 17.7. The number of nitro groups is 1. The molecule has 0 spiro atoms. The van der Waals surface area contributed by atoms with Crippen molar-refractivity contribution in [3.8, 4) is 0 Å². The minimum Gasteiger partial charge on any atom is -0.460 e. The molecular formula is C19H25N3O6S. The van der Waals surface area contributed by atoms with Crippen LogP contribution in [-0.2, 0) is 19.0 Å². The zero-order valence-electron chi connectivity index (χ0n) is 16.8. The number of non-ortho nitro benzene ring substituents is 1. The van der Waals surface area contributed by atoms with Gasteiger partial charge >= 0.3 is 5.97 Å². The highest BCUT2D eigenvalue weighted by atomic mass is 32.1. The van der Waals surface area contributed by atoms with Crippen LogP contribution in [-0.4, -0.2) is 61.0 Å². The van der Waals surface area contributed by atoms with Gasteiger partial charge in [0.25, 0.3) is 5.69 Å². The van der Waals surface area contributed by atoms with Crippen molar-refractivity contribution < 1.29 is 23.9 Å². The summed E-state index contributed by atoms with van der Waals surface area (Å²) < 4.78 is 15.5. The molecule has 1 aliphatic rings. The predicted molar refractivity (Wildman–Crippen MR) is 110 cm³/mol. The van der Waals surface area contributed by atoms with Crippen LogP contribution in [0.2, 0.25) is 0 Å². The van der Waals surface area contributed by atoms with E-state index in [9.17, 15) is 14.9 Å². The number of allylic oxidation sites excluding steroid dienone is 1. The molecule has 1 N–H and O–H groups in total. The molecule has 0 radical (unpaired) electrons. The van der Waals surface area contributed by atoms with Crippen molar-refractivity contribution in [2.24, 2.45) is 0 Å². The van der Waals surface area contributed by atoms with Crippen molar-refractivity contribution in [2.45, 2.75) is 25.9 Å². The molecule has 0 bridgehead atoms. The first kappa shape index (κ1) is 22.7. The van der Waals surface area contributed by atoms with Gasteiger partial charge in [-0.1, -0.05) is 12.1 Å². The number of rotatable bonds is 9. The summed E-state index contributed by atoms with van der Waals surface area (Å²) in [7, 11) is 3.10. The number of carbonyl (C=O) groups excluding carboxylic acids is 1. The van der Waals surface area contributed by atoms with Gasteiger partial charge in [0.1, 0.15) is 6.61 Å². The highest BCUT2D eigenvalue weighted by Gasteiger charge is 2.37. The topological polar surface area (TPSA) is 103 Å². The second-order valence-corrected chi connectivity index (χ2v) is 6.92. The molecule has 2 atom stereocenters. The number of nitrogens with one attached hydrogen (secondary N) is 1. The van der Waals surface area contributed by atoms with E-state index in [0.717, 1.165) is 0 Å². The Bertz CT molecular complexity index is 813. The molecule has 29 heavy (non-hydrogen) atoms. The van der Waals surface area contributed by atoms with Crippen molar-refractivity contribution >= 4 is 29.0 Å². The number of hydrogen-bond acceptors (Lipinski definition) is 7. The summed E-state index contributed by atoms with van der Waals surface area (Å²) in [6.07, 6.45) is 0. The van der Waals surface area contributed by atoms with E-state index in [0.29, 0.717) is 28.6 Å². The van der Waals surface area contributed by atoms with E-state index in [1.807, 2.05) is 6.92 Å². The lowest BCUT2D eigenvalue weighted by Crippen LogP contribution is -2.52. The van der Waals surface area contributed by atoms with Crippen LogP contribution in [0.25, 0.3) is 0 Å². The molecule has 158 valence electrons. The predicted octanol–water partition coefficient (Wildman–Crippen LogP) is 2.32. The molecular weight excluding hydrogens is 398 g/mol. The Labute approximate surface area is 174 Å². The highest BCUT2D eigenvalue weighted by molar-refractivity contribution is 7.80. The molecule has 2 rings (SSSR count). The minimum atomic E-state index is -0.677. The van der Waals surface area contributed by atoms with Gasteiger partial charge < -0.3 is 24.4 Å². The van der Waals surface area contributed by atoms with Crippen LogP contribution < -0.4 is 5.32 Å². The summed E-state index contributed by atoms with van der Waals surface area (Å²) in [4.78, 5) is 25.4. The fourth-order valence-electron chi connectivity index (χ4n) is 3.23. The van der Waals surface area contributed by atoms with Gasteiger partial charge in [-0.15, -0.1) is 0 Å². The van der Waals surface area contributed by atoms with Crippen molar-refractivity contribution in [1.82, 2.24) is 10.2 Å². The zero-order chi connectivity index (χ0) is 21.6. The molecule has 0 unspecified atom stereocenters. The lowest BCUT2D eigenvalue weighted by molar-refractivity contribution is -0.384. The molecule has 0 fully saturated rings. The molecule has 10 heteroatoms. The summed E-state index contributed by atoms with van der Waals surface area (Å²) in [5.41, 5.74) is 1.41. The van der Waals surface area contributed by atoms with Gasteiger partial charge in [-0.3, -0.25) is 10.1 Å². The number of nitro benzene ring substituents is 1. The first-order valence-corrected chi connectivity index (χ1v) is 9.42. The third kappa shape index (κ3) is 5.28. The molecule has 1 aromatic carbocycles. The molecule has 0 saturated heterocycles. The molecule has 1 aliphatic heterocycles. The molecule has 1 heterocycles. The third-order valence-corrected chi connectivity index (χ3v) is 4.84. The molecule has 0 aliphatic carbocycles. The number of thiocarbonyl (C=S) groups is 1. The summed E-state index contributed by atoms with van der Waals surface area (Å²) in [5.74, 6) is -0.541. The quantitative estimate of drug-likeness (QED) is 0.211. The first-order valence-electron chi connectivity index (χ1n) is 9.01. The number of methoxy groups -OCH3 is 2. The smallest absolute Gasteiger partial charge is 0.338 e. The molecule has 1 aromatic rings. The summed E-state index contributed by atoms with van der Waals surface area (Å²) >= 11 is 5.52. The van der Waals surface area contributed by atoms with Crippen LogP contribution in [0.4, 0.5) is 5.69 Å². The summed E-state index contributed by atoms with van der Waals surface area (Å²) in [6, 6.07) is 5.28. The van der Waals surface area contributed by atoms with Gasteiger partial charge in [0, 0.05) is 32.0 Å². The van der Waals surface area contributed by atoms with Crippen LogP contribution in [0.3, 0.4) is 0 Å². The maximum Gasteiger partial charge on any atom is 0.338 e. The van der Waals surface area contributed by atoms with Gasteiger partial charge in [-0.05, 0) is 31.6 Å². The van der Waals surface area contributed by atoms with Gasteiger partial charge in [-0.25, -0.2) is 4.79 Å². The average molecular weight is 423 g/mol. The van der Waals surface area contributed by atoms with Crippen molar-refractivity contribution in [1.29, 1.82) is 0 Å². The lowest BCUT2D eigenvalue weighted by Gasteiger charge is -2.40. The third-order valence-electron chi connectivity index (χ3n) is 4.53. The largest absolute Gasteiger partial charge is 0.460 e. The van der Waals surface area contributed by atoms with E-state index < -0.39 is 16.9 Å². The fraction of sp³-hybridized carbons (Fsp3) is 0.474. The highest BCUT2D eigenvalue weighted by Crippen LogP contribution is 2.33. The van der Waals surface area contributed by atoms with Crippen LogP contribution in [0.5, 0.6) is 0 Å². The van der Waals surface area contributed by atoms with Gasteiger partial charge in [0.05, 0.1) is 35.8 Å².